The van der Waals surface area contributed by atoms with E-state index in [0.29, 0.717) is 17.3 Å². The number of benzene rings is 1. The molecule has 1 aromatic carbocycles. The summed E-state index contributed by atoms with van der Waals surface area (Å²) in [5, 5.41) is 5.75. The van der Waals surface area contributed by atoms with Crippen molar-refractivity contribution < 1.29 is 8.78 Å². The van der Waals surface area contributed by atoms with Crippen LogP contribution in [0.3, 0.4) is 0 Å². The highest BCUT2D eigenvalue weighted by Crippen LogP contribution is 2.27. The zero-order valence-corrected chi connectivity index (χ0v) is 12.4. The lowest BCUT2D eigenvalue weighted by molar-refractivity contribution is 0.581. The molecule has 0 spiro atoms. The molecule has 2 heterocycles. The van der Waals surface area contributed by atoms with E-state index < -0.39 is 11.6 Å². The summed E-state index contributed by atoms with van der Waals surface area (Å²) in [4.78, 5) is 8.46. The van der Waals surface area contributed by atoms with Gasteiger partial charge in [-0.25, -0.2) is 18.7 Å². The van der Waals surface area contributed by atoms with Crippen molar-refractivity contribution in [2.24, 2.45) is 0 Å². The lowest BCUT2D eigenvalue weighted by Gasteiger charge is -2.10. The van der Waals surface area contributed by atoms with Gasteiger partial charge in [-0.3, -0.25) is 0 Å². The maximum Gasteiger partial charge on any atom is 0.180 e. The summed E-state index contributed by atoms with van der Waals surface area (Å²) < 4.78 is 29.0. The van der Waals surface area contributed by atoms with Crippen LogP contribution in [0, 0.1) is 11.6 Å². The van der Waals surface area contributed by atoms with Gasteiger partial charge in [0, 0.05) is 25.5 Å². The highest BCUT2D eigenvalue weighted by atomic mass is 79.9. The topological polar surface area (TPSA) is 54.2 Å². The number of hydrogen-bond donors (Lipinski definition) is 2. The average Bonchev–Trinajstić information content (AvgIpc) is 2.93. The molecule has 0 atom stereocenters. The molecule has 3 aromatic rings. The Morgan fingerprint density at radius 1 is 1.24 bits per heavy atom. The molecule has 0 radical (unpaired) electrons. The minimum Gasteiger partial charge on any atom is -0.372 e. The number of nitrogens with one attached hydrogen (secondary N) is 2. The average molecular weight is 354 g/mol. The normalized spacial score (nSPS) is 10.9. The van der Waals surface area contributed by atoms with Crippen molar-refractivity contribution in [2.45, 2.75) is 0 Å². The van der Waals surface area contributed by atoms with E-state index in [4.69, 9.17) is 0 Å². The van der Waals surface area contributed by atoms with Crippen molar-refractivity contribution in [3.8, 4) is 0 Å². The Labute approximate surface area is 127 Å². The fraction of sp³-hybridized carbons (Fsp3) is 0.0769. The van der Waals surface area contributed by atoms with Crippen LogP contribution in [0.5, 0.6) is 0 Å². The first-order valence-corrected chi connectivity index (χ1v) is 6.81. The van der Waals surface area contributed by atoms with Gasteiger partial charge >= 0.3 is 0 Å². The minimum atomic E-state index is -0.711. The van der Waals surface area contributed by atoms with E-state index >= 15 is 0 Å². The van der Waals surface area contributed by atoms with Crippen LogP contribution in [0.2, 0.25) is 0 Å². The largest absolute Gasteiger partial charge is 0.372 e. The molecule has 21 heavy (non-hydrogen) atoms. The summed E-state index contributed by atoms with van der Waals surface area (Å²) in [5.74, 6) is -0.424. The van der Waals surface area contributed by atoms with E-state index in [2.05, 4.69) is 36.5 Å². The molecule has 0 bridgehead atoms. The lowest BCUT2D eigenvalue weighted by atomic mass is 10.3. The fourth-order valence-corrected chi connectivity index (χ4v) is 2.23. The molecule has 8 heteroatoms. The molecule has 0 saturated carbocycles. The van der Waals surface area contributed by atoms with Gasteiger partial charge in [-0.05, 0) is 22.0 Å². The summed E-state index contributed by atoms with van der Waals surface area (Å²) in [6.07, 6.45) is 5.11. The number of nitrogens with zero attached hydrogens (tertiary/aromatic N) is 3. The summed E-state index contributed by atoms with van der Waals surface area (Å²) in [6.45, 7) is 0. The Kier molecular flexibility index (Phi) is 3.46. The van der Waals surface area contributed by atoms with Crippen molar-refractivity contribution in [3.63, 3.8) is 0 Å². The van der Waals surface area contributed by atoms with E-state index in [1.165, 1.54) is 6.07 Å². The van der Waals surface area contributed by atoms with E-state index in [9.17, 15) is 8.78 Å². The van der Waals surface area contributed by atoms with Gasteiger partial charge in [0.05, 0.1) is 16.4 Å². The Balaban J connectivity index is 2.09. The van der Waals surface area contributed by atoms with Crippen LogP contribution >= 0.6 is 15.9 Å². The smallest absolute Gasteiger partial charge is 0.180 e. The molecule has 0 amide bonds. The second-order valence-electron chi connectivity index (χ2n) is 4.25. The lowest BCUT2D eigenvalue weighted by Crippen LogP contribution is -2.03. The van der Waals surface area contributed by atoms with Crippen LogP contribution < -0.4 is 10.6 Å². The van der Waals surface area contributed by atoms with Crippen LogP contribution in [0.15, 0.2) is 35.2 Å². The number of anilines is 3. The van der Waals surface area contributed by atoms with Crippen molar-refractivity contribution in [3.05, 3.63) is 46.8 Å². The summed E-state index contributed by atoms with van der Waals surface area (Å²) in [5.41, 5.74) is 0.641. The standard InChI is InChI=1S/C13H10BrF2N5/c1-17-11-6-21-3-2-18-13(21)12(20-11)19-10-4-7(14)8(15)5-9(10)16/h2-6,17H,1H3,(H,19,20). The molecule has 2 N–H and O–H groups in total. The van der Waals surface area contributed by atoms with Crippen LogP contribution in [0.4, 0.5) is 26.1 Å². The van der Waals surface area contributed by atoms with Crippen LogP contribution in [0.1, 0.15) is 0 Å². The molecular weight excluding hydrogens is 344 g/mol. The molecule has 0 aliphatic carbocycles. The van der Waals surface area contributed by atoms with Crippen molar-refractivity contribution in [2.75, 3.05) is 17.7 Å². The van der Waals surface area contributed by atoms with E-state index in [-0.39, 0.29) is 10.2 Å². The Morgan fingerprint density at radius 3 is 2.81 bits per heavy atom. The maximum atomic E-state index is 13.8. The van der Waals surface area contributed by atoms with Gasteiger partial charge in [0.25, 0.3) is 0 Å². The molecule has 108 valence electrons. The first-order chi connectivity index (χ1) is 10.1. The van der Waals surface area contributed by atoms with Gasteiger partial charge < -0.3 is 15.0 Å². The van der Waals surface area contributed by atoms with Crippen LogP contribution in [-0.4, -0.2) is 21.4 Å². The SMILES string of the molecule is CNc1cn2ccnc2c(Nc2cc(Br)c(F)cc2F)n1. The zero-order valence-electron chi connectivity index (χ0n) is 10.9. The molecule has 0 unspecified atom stereocenters. The summed E-state index contributed by atoms with van der Waals surface area (Å²) in [6, 6.07) is 2.12. The van der Waals surface area contributed by atoms with Gasteiger partial charge in [-0.2, -0.15) is 0 Å². The van der Waals surface area contributed by atoms with Crippen LogP contribution in [0.25, 0.3) is 5.65 Å². The molecule has 0 aliphatic heterocycles. The van der Waals surface area contributed by atoms with Gasteiger partial charge in [0.1, 0.15) is 17.5 Å². The number of rotatable bonds is 3. The summed E-state index contributed by atoms with van der Waals surface area (Å²) in [7, 11) is 1.73. The van der Waals surface area contributed by atoms with Gasteiger partial charge in [0.15, 0.2) is 11.5 Å². The van der Waals surface area contributed by atoms with Crippen LogP contribution in [-0.2, 0) is 0 Å². The third kappa shape index (κ3) is 2.54. The molecule has 5 nitrogen and oxygen atoms in total. The van der Waals surface area contributed by atoms with Crippen molar-refractivity contribution >= 4 is 38.9 Å². The van der Waals surface area contributed by atoms with Gasteiger partial charge in [-0.15, -0.1) is 0 Å². The first kappa shape index (κ1) is 13.7. The molecule has 0 saturated heterocycles. The first-order valence-electron chi connectivity index (χ1n) is 6.01. The van der Waals surface area contributed by atoms with E-state index in [1.54, 1.807) is 30.0 Å². The number of fused-ring (bicyclic) bond motifs is 1. The molecule has 0 fully saturated rings. The van der Waals surface area contributed by atoms with Gasteiger partial charge in [-0.1, -0.05) is 0 Å². The highest BCUT2D eigenvalue weighted by molar-refractivity contribution is 9.10. The van der Waals surface area contributed by atoms with Gasteiger partial charge in [0.2, 0.25) is 0 Å². The Morgan fingerprint density at radius 2 is 2.05 bits per heavy atom. The monoisotopic (exact) mass is 353 g/mol. The maximum absolute atomic E-state index is 13.8. The summed E-state index contributed by atoms with van der Waals surface area (Å²) >= 11 is 3.03. The fourth-order valence-electron chi connectivity index (χ4n) is 1.88. The molecule has 3 rings (SSSR count). The Hall–Kier alpha value is -2.22. The van der Waals surface area contributed by atoms with Crippen molar-refractivity contribution in [1.29, 1.82) is 0 Å². The second kappa shape index (κ2) is 5.28. The molecule has 0 aliphatic rings. The van der Waals surface area contributed by atoms with E-state index in [1.807, 2.05) is 0 Å². The number of aromatic nitrogens is 3. The number of hydrogen-bond acceptors (Lipinski definition) is 4. The van der Waals surface area contributed by atoms with Crippen molar-refractivity contribution in [1.82, 2.24) is 14.4 Å². The predicted octanol–water partition coefficient (Wildman–Crippen LogP) is 3.56. The zero-order chi connectivity index (χ0) is 15.0. The highest BCUT2D eigenvalue weighted by Gasteiger charge is 2.12. The predicted molar refractivity (Wildman–Crippen MR) is 79.9 cm³/mol. The third-order valence-corrected chi connectivity index (χ3v) is 3.50. The van der Waals surface area contributed by atoms with E-state index in [0.717, 1.165) is 6.07 Å². The quantitative estimate of drug-likeness (QED) is 0.707. The number of halogens is 3. The molecular formula is C13H10BrF2N5. The minimum absolute atomic E-state index is 0.105. The Bertz CT molecular complexity index is 818. The number of imidazole rings is 1. The molecule has 2 aromatic heterocycles. The second-order valence-corrected chi connectivity index (χ2v) is 5.11. The third-order valence-electron chi connectivity index (χ3n) is 2.89.